The van der Waals surface area contributed by atoms with Crippen LogP contribution < -0.4 is 5.46 Å². The molecule has 2 heterocycles. The van der Waals surface area contributed by atoms with Crippen molar-refractivity contribution >= 4 is 56.9 Å². The average Bonchev–Trinajstić information content (AvgIpc) is 3.40. The number of hydrogen-bond donors (Lipinski definition) is 0. The predicted molar refractivity (Wildman–Crippen MR) is 155 cm³/mol. The van der Waals surface area contributed by atoms with E-state index in [1.54, 1.807) is 0 Å². The van der Waals surface area contributed by atoms with Crippen molar-refractivity contribution in [2.75, 3.05) is 0 Å². The Morgan fingerprint density at radius 1 is 0.500 bits per heavy atom. The number of nitrogens with zero attached hydrogens (tertiary/aromatic N) is 2. The fourth-order valence-corrected chi connectivity index (χ4v) is 5.67. The molecule has 7 rings (SSSR count). The summed E-state index contributed by atoms with van der Waals surface area (Å²) in [5, 5.41) is 5.04. The standard InChI is InChI=1S/C33H25BN2/c1-21(2)22-14-16-28-29-20-25(35-30-12-5-3-10-26(30)27-11-4-6-13-31(27)35)15-17-32(29)36(33(28)18-22)24-9-7-8-23(34)19-24/h3-21H,1-2H3. The Balaban J connectivity index is 1.58. The maximum atomic E-state index is 6.21. The number of para-hydroxylation sites is 2. The minimum atomic E-state index is 0.454. The van der Waals surface area contributed by atoms with Gasteiger partial charge < -0.3 is 9.13 Å². The zero-order valence-corrected chi connectivity index (χ0v) is 20.4. The van der Waals surface area contributed by atoms with E-state index in [1.165, 1.54) is 54.9 Å². The molecule has 0 spiro atoms. The highest BCUT2D eigenvalue weighted by molar-refractivity contribution is 6.32. The SMILES string of the molecule is [B]c1cccc(-n2c3ccc(-n4c5ccccc5c5ccccc54)cc3c3ccc(C(C)C)cc32)c1. The molecule has 3 heteroatoms. The van der Waals surface area contributed by atoms with Crippen molar-refractivity contribution in [3.05, 3.63) is 115 Å². The topological polar surface area (TPSA) is 9.86 Å². The van der Waals surface area contributed by atoms with Crippen molar-refractivity contribution in [1.29, 1.82) is 0 Å². The van der Waals surface area contributed by atoms with Gasteiger partial charge in [0.2, 0.25) is 0 Å². The Morgan fingerprint density at radius 3 is 1.81 bits per heavy atom. The summed E-state index contributed by atoms with van der Waals surface area (Å²) in [6, 6.07) is 39.2. The second kappa shape index (κ2) is 7.89. The molecule has 5 aromatic carbocycles. The van der Waals surface area contributed by atoms with Crippen LogP contribution in [-0.2, 0) is 0 Å². The van der Waals surface area contributed by atoms with Crippen LogP contribution in [0.2, 0.25) is 0 Å². The smallest absolute Gasteiger partial charge is 0.113 e. The average molecular weight is 460 g/mol. The molecular formula is C33H25BN2. The third kappa shape index (κ3) is 3.06. The lowest BCUT2D eigenvalue weighted by atomic mass is 9.96. The van der Waals surface area contributed by atoms with Crippen LogP contribution in [0.25, 0.3) is 55.0 Å². The number of fused-ring (bicyclic) bond motifs is 6. The van der Waals surface area contributed by atoms with Crippen LogP contribution in [0.3, 0.4) is 0 Å². The fraction of sp³-hybridized carbons (Fsp3) is 0.0909. The first kappa shape index (κ1) is 21.1. The number of benzene rings is 5. The van der Waals surface area contributed by atoms with Gasteiger partial charge in [0.25, 0.3) is 0 Å². The first-order valence-corrected chi connectivity index (χ1v) is 12.5. The Labute approximate surface area is 211 Å². The van der Waals surface area contributed by atoms with Gasteiger partial charge in [0.1, 0.15) is 7.85 Å². The van der Waals surface area contributed by atoms with Gasteiger partial charge in [0.15, 0.2) is 0 Å². The first-order chi connectivity index (χ1) is 17.6. The molecule has 7 aromatic rings. The highest BCUT2D eigenvalue weighted by Gasteiger charge is 2.17. The maximum absolute atomic E-state index is 6.21. The molecule has 0 unspecified atom stereocenters. The minimum Gasteiger partial charge on any atom is -0.309 e. The van der Waals surface area contributed by atoms with E-state index in [-0.39, 0.29) is 0 Å². The molecule has 0 aliphatic carbocycles. The van der Waals surface area contributed by atoms with E-state index in [0.29, 0.717) is 5.92 Å². The van der Waals surface area contributed by atoms with Gasteiger partial charge >= 0.3 is 0 Å². The number of hydrogen-bond acceptors (Lipinski definition) is 0. The molecule has 170 valence electrons. The van der Waals surface area contributed by atoms with Gasteiger partial charge in [-0.3, -0.25) is 0 Å². The summed E-state index contributed by atoms with van der Waals surface area (Å²) in [6.45, 7) is 4.49. The quantitative estimate of drug-likeness (QED) is 0.238. The van der Waals surface area contributed by atoms with Gasteiger partial charge in [-0.05, 0) is 60.0 Å². The van der Waals surface area contributed by atoms with Crippen LogP contribution in [0.5, 0.6) is 0 Å². The molecule has 0 aliphatic rings. The van der Waals surface area contributed by atoms with E-state index in [0.717, 1.165) is 11.2 Å². The molecule has 2 aromatic heterocycles. The van der Waals surface area contributed by atoms with Gasteiger partial charge in [-0.1, -0.05) is 80.0 Å². The monoisotopic (exact) mass is 460 g/mol. The molecule has 0 bridgehead atoms. The van der Waals surface area contributed by atoms with Crippen molar-refractivity contribution in [1.82, 2.24) is 9.13 Å². The number of rotatable bonds is 3. The summed E-state index contributed by atoms with van der Waals surface area (Å²) in [6.07, 6.45) is 0. The lowest BCUT2D eigenvalue weighted by Gasteiger charge is -2.11. The maximum Gasteiger partial charge on any atom is 0.113 e. The third-order valence-corrected chi connectivity index (χ3v) is 7.41. The van der Waals surface area contributed by atoms with Gasteiger partial charge in [0.05, 0.1) is 22.1 Å². The van der Waals surface area contributed by atoms with Crippen LogP contribution in [0.15, 0.2) is 109 Å². The lowest BCUT2D eigenvalue weighted by Crippen LogP contribution is -2.04. The molecule has 0 saturated carbocycles. The van der Waals surface area contributed by atoms with Crippen molar-refractivity contribution < 1.29 is 0 Å². The first-order valence-electron chi connectivity index (χ1n) is 12.5. The second-order valence-corrected chi connectivity index (χ2v) is 9.93. The molecule has 36 heavy (non-hydrogen) atoms. The van der Waals surface area contributed by atoms with Crippen molar-refractivity contribution in [3.8, 4) is 11.4 Å². The molecule has 0 N–H and O–H groups in total. The molecule has 0 atom stereocenters. The summed E-state index contributed by atoms with van der Waals surface area (Å²) < 4.78 is 4.73. The minimum absolute atomic E-state index is 0.454. The number of aromatic nitrogens is 2. The zero-order valence-electron chi connectivity index (χ0n) is 20.4. The Bertz CT molecular complexity index is 1880. The Hall–Kier alpha value is -4.24. The Morgan fingerprint density at radius 2 is 1.11 bits per heavy atom. The molecule has 0 fully saturated rings. The largest absolute Gasteiger partial charge is 0.309 e. The van der Waals surface area contributed by atoms with E-state index < -0.39 is 0 Å². The van der Waals surface area contributed by atoms with E-state index in [4.69, 9.17) is 7.85 Å². The molecule has 2 nitrogen and oxygen atoms in total. The summed E-state index contributed by atoms with van der Waals surface area (Å²) in [5.41, 5.74) is 9.18. The van der Waals surface area contributed by atoms with E-state index in [2.05, 4.69) is 120 Å². The van der Waals surface area contributed by atoms with Crippen LogP contribution in [0.1, 0.15) is 25.3 Å². The van der Waals surface area contributed by atoms with Gasteiger partial charge in [0, 0.05) is 32.9 Å². The van der Waals surface area contributed by atoms with Gasteiger partial charge in [-0.25, -0.2) is 0 Å². The summed E-state index contributed by atoms with van der Waals surface area (Å²) >= 11 is 0. The van der Waals surface area contributed by atoms with Crippen LogP contribution in [0.4, 0.5) is 0 Å². The van der Waals surface area contributed by atoms with Crippen LogP contribution in [0, 0.1) is 0 Å². The van der Waals surface area contributed by atoms with Crippen LogP contribution in [-0.4, -0.2) is 17.0 Å². The van der Waals surface area contributed by atoms with Crippen molar-refractivity contribution in [2.24, 2.45) is 0 Å². The van der Waals surface area contributed by atoms with Gasteiger partial charge in [-0.2, -0.15) is 0 Å². The van der Waals surface area contributed by atoms with E-state index in [1.807, 2.05) is 12.1 Å². The summed E-state index contributed by atoms with van der Waals surface area (Å²) in [7, 11) is 6.21. The predicted octanol–water partition coefficient (Wildman–Crippen LogP) is 7.80. The zero-order chi connectivity index (χ0) is 24.4. The van der Waals surface area contributed by atoms with E-state index in [9.17, 15) is 0 Å². The summed E-state index contributed by atoms with van der Waals surface area (Å²) in [4.78, 5) is 0. The summed E-state index contributed by atoms with van der Waals surface area (Å²) in [5.74, 6) is 0.454. The van der Waals surface area contributed by atoms with Crippen molar-refractivity contribution in [3.63, 3.8) is 0 Å². The molecule has 2 radical (unpaired) electrons. The Kier molecular flexibility index (Phi) is 4.62. The lowest BCUT2D eigenvalue weighted by molar-refractivity contribution is 0.868. The van der Waals surface area contributed by atoms with Gasteiger partial charge in [-0.15, -0.1) is 0 Å². The second-order valence-electron chi connectivity index (χ2n) is 9.93. The van der Waals surface area contributed by atoms with Crippen molar-refractivity contribution in [2.45, 2.75) is 19.8 Å². The van der Waals surface area contributed by atoms with E-state index >= 15 is 0 Å². The molecular weight excluding hydrogens is 435 g/mol. The molecule has 0 aliphatic heterocycles. The fourth-order valence-electron chi connectivity index (χ4n) is 5.67. The molecule has 0 amide bonds. The molecule has 0 saturated heterocycles. The normalized spacial score (nSPS) is 12.0. The highest BCUT2D eigenvalue weighted by atomic mass is 15.0. The highest BCUT2D eigenvalue weighted by Crippen LogP contribution is 2.37. The van der Waals surface area contributed by atoms with Crippen LogP contribution >= 0.6 is 0 Å². The third-order valence-electron chi connectivity index (χ3n) is 7.41.